The molecular formula is C38H26O6. The van der Waals surface area contributed by atoms with Gasteiger partial charge in [0.1, 0.15) is 17.2 Å². The molecule has 0 aliphatic rings. The molecule has 0 fully saturated rings. The van der Waals surface area contributed by atoms with E-state index in [0.717, 1.165) is 27.1 Å². The van der Waals surface area contributed by atoms with Crippen molar-refractivity contribution in [2.24, 2.45) is 0 Å². The Bertz CT molecular complexity index is 2210. The predicted molar refractivity (Wildman–Crippen MR) is 172 cm³/mol. The lowest BCUT2D eigenvalue weighted by atomic mass is 9.96. The normalized spacial score (nSPS) is 11.1. The summed E-state index contributed by atoms with van der Waals surface area (Å²) in [6, 6.07) is 39.3. The summed E-state index contributed by atoms with van der Waals surface area (Å²) in [4.78, 5) is 26.6. The molecule has 7 aromatic carbocycles. The maximum atomic E-state index is 13.3. The first-order chi connectivity index (χ1) is 21.6. The Morgan fingerprint density at radius 3 is 1.45 bits per heavy atom. The van der Waals surface area contributed by atoms with Crippen LogP contribution in [0, 0.1) is 0 Å². The predicted octanol–water partition coefficient (Wildman–Crippen LogP) is 10.0. The summed E-state index contributed by atoms with van der Waals surface area (Å²) in [6.07, 6.45) is -1.11. The van der Waals surface area contributed by atoms with Crippen molar-refractivity contribution in [1.82, 2.24) is 0 Å². The Hall–Kier alpha value is -5.88. The molecule has 0 N–H and O–H groups in total. The lowest BCUT2D eigenvalue weighted by Gasteiger charge is -2.18. The number of ether oxygens (including phenoxy) is 4. The molecule has 6 heteroatoms. The van der Waals surface area contributed by atoms with Gasteiger partial charge in [-0.1, -0.05) is 122 Å². The molecule has 44 heavy (non-hydrogen) atoms. The van der Waals surface area contributed by atoms with E-state index < -0.39 is 12.3 Å². The van der Waals surface area contributed by atoms with Gasteiger partial charge >= 0.3 is 12.3 Å². The van der Waals surface area contributed by atoms with E-state index in [0.29, 0.717) is 51.0 Å². The molecule has 214 valence electrons. The third kappa shape index (κ3) is 4.92. The Morgan fingerprint density at radius 2 is 0.886 bits per heavy atom. The van der Waals surface area contributed by atoms with Gasteiger partial charge in [-0.15, -0.1) is 0 Å². The van der Waals surface area contributed by atoms with Crippen LogP contribution < -0.4 is 18.9 Å². The zero-order valence-electron chi connectivity index (χ0n) is 23.8. The fourth-order valence-electron chi connectivity index (χ4n) is 5.68. The minimum absolute atomic E-state index is 0.311. The molecule has 0 amide bonds. The molecule has 0 unspecified atom stereocenters. The number of rotatable bonds is 5. The smallest absolute Gasteiger partial charge is 0.394 e. The van der Waals surface area contributed by atoms with Gasteiger partial charge in [0, 0.05) is 32.3 Å². The summed E-state index contributed by atoms with van der Waals surface area (Å²) >= 11 is 0. The van der Waals surface area contributed by atoms with E-state index in [1.54, 1.807) is 12.1 Å². The second kappa shape index (κ2) is 11.4. The quantitative estimate of drug-likeness (QED) is 0.115. The third-order valence-electron chi connectivity index (χ3n) is 7.68. The highest BCUT2D eigenvalue weighted by Gasteiger charge is 2.23. The SMILES string of the molecule is CCc1cccc2c(OC(=O)Oc3cccc4ccccc34)c3ccccc3c(OC(=O)Oc3cccc4ccccc34)c12. The van der Waals surface area contributed by atoms with E-state index in [4.69, 9.17) is 18.9 Å². The number of benzene rings is 7. The van der Waals surface area contributed by atoms with Crippen molar-refractivity contribution in [3.63, 3.8) is 0 Å². The van der Waals surface area contributed by atoms with E-state index in [2.05, 4.69) is 0 Å². The molecule has 6 nitrogen and oxygen atoms in total. The van der Waals surface area contributed by atoms with Crippen LogP contribution in [0.2, 0.25) is 0 Å². The van der Waals surface area contributed by atoms with Crippen LogP contribution in [0.5, 0.6) is 23.0 Å². The highest BCUT2D eigenvalue weighted by atomic mass is 16.7. The average Bonchev–Trinajstić information content (AvgIpc) is 3.06. The second-order valence-corrected chi connectivity index (χ2v) is 10.3. The number of carbonyl (C=O) groups excluding carboxylic acids is 2. The summed E-state index contributed by atoms with van der Waals surface area (Å²) in [5.41, 5.74) is 0.911. The van der Waals surface area contributed by atoms with E-state index >= 15 is 0 Å². The molecule has 0 spiro atoms. The van der Waals surface area contributed by atoms with Crippen molar-refractivity contribution in [1.29, 1.82) is 0 Å². The number of hydrogen-bond acceptors (Lipinski definition) is 6. The van der Waals surface area contributed by atoms with Crippen LogP contribution in [0.25, 0.3) is 43.1 Å². The molecular weight excluding hydrogens is 552 g/mol. The number of carbonyl (C=O) groups is 2. The van der Waals surface area contributed by atoms with E-state index in [-0.39, 0.29) is 0 Å². The highest BCUT2D eigenvalue weighted by Crippen LogP contribution is 2.45. The van der Waals surface area contributed by atoms with Gasteiger partial charge in [-0.3, -0.25) is 0 Å². The van der Waals surface area contributed by atoms with Crippen LogP contribution in [0.4, 0.5) is 9.59 Å². The highest BCUT2D eigenvalue weighted by molar-refractivity contribution is 6.13. The maximum absolute atomic E-state index is 13.3. The molecule has 0 bridgehead atoms. The van der Waals surface area contributed by atoms with Crippen LogP contribution in [0.3, 0.4) is 0 Å². The summed E-state index contributed by atoms with van der Waals surface area (Å²) in [5, 5.41) is 5.90. The molecule has 0 heterocycles. The van der Waals surface area contributed by atoms with Crippen molar-refractivity contribution >= 4 is 55.4 Å². The second-order valence-electron chi connectivity index (χ2n) is 10.3. The Morgan fingerprint density at radius 1 is 0.455 bits per heavy atom. The van der Waals surface area contributed by atoms with Gasteiger partial charge in [-0.25, -0.2) is 9.59 Å². The van der Waals surface area contributed by atoms with Gasteiger partial charge in [0.05, 0.1) is 0 Å². The number of aryl methyl sites for hydroxylation is 1. The van der Waals surface area contributed by atoms with Gasteiger partial charge in [0.25, 0.3) is 0 Å². The van der Waals surface area contributed by atoms with Crippen molar-refractivity contribution < 1.29 is 28.5 Å². The van der Waals surface area contributed by atoms with Gasteiger partial charge in [-0.2, -0.15) is 0 Å². The van der Waals surface area contributed by atoms with E-state index in [9.17, 15) is 9.59 Å². The number of hydrogen-bond donors (Lipinski definition) is 0. The maximum Gasteiger partial charge on any atom is 0.519 e. The third-order valence-corrected chi connectivity index (χ3v) is 7.68. The van der Waals surface area contributed by atoms with Crippen molar-refractivity contribution in [3.8, 4) is 23.0 Å². The molecule has 0 aliphatic carbocycles. The molecule has 0 saturated heterocycles. The van der Waals surface area contributed by atoms with Gasteiger partial charge in [0.15, 0.2) is 5.75 Å². The summed E-state index contributed by atoms with van der Waals surface area (Å²) in [6.45, 7) is 2.01. The lowest BCUT2D eigenvalue weighted by molar-refractivity contribution is 0.151. The zero-order valence-corrected chi connectivity index (χ0v) is 23.8. The largest absolute Gasteiger partial charge is 0.519 e. The Balaban J connectivity index is 1.29. The fraction of sp³-hybridized carbons (Fsp3) is 0.0526. The molecule has 7 aromatic rings. The minimum atomic E-state index is -0.876. The molecule has 0 saturated carbocycles. The summed E-state index contributed by atoms with van der Waals surface area (Å²) < 4.78 is 23.4. The lowest BCUT2D eigenvalue weighted by Crippen LogP contribution is -2.16. The monoisotopic (exact) mass is 578 g/mol. The number of fused-ring (bicyclic) bond motifs is 4. The van der Waals surface area contributed by atoms with Gasteiger partial charge in [0.2, 0.25) is 0 Å². The van der Waals surface area contributed by atoms with Crippen LogP contribution in [-0.4, -0.2) is 12.3 Å². The fourth-order valence-corrected chi connectivity index (χ4v) is 5.68. The van der Waals surface area contributed by atoms with Gasteiger partial charge < -0.3 is 18.9 Å². The molecule has 0 atom stereocenters. The van der Waals surface area contributed by atoms with Crippen molar-refractivity contribution in [2.75, 3.05) is 0 Å². The first kappa shape index (κ1) is 27.0. The van der Waals surface area contributed by atoms with Gasteiger partial charge in [-0.05, 0) is 34.9 Å². The van der Waals surface area contributed by atoms with E-state index in [1.165, 1.54) is 0 Å². The van der Waals surface area contributed by atoms with Crippen LogP contribution >= 0.6 is 0 Å². The summed E-state index contributed by atoms with van der Waals surface area (Å²) in [7, 11) is 0. The minimum Gasteiger partial charge on any atom is -0.394 e. The first-order valence-electron chi connectivity index (χ1n) is 14.3. The van der Waals surface area contributed by atoms with Crippen LogP contribution in [0.1, 0.15) is 12.5 Å². The standard InChI is InChI=1S/C38H26O6/c1-2-24-14-9-21-31-34(24)36(44-38(40)42-33-23-11-16-26-13-4-6-18-28(26)33)30-20-8-7-19-29(30)35(31)43-37(39)41-32-22-10-15-25-12-3-5-17-27(25)32/h3-23H,2H2,1H3. The van der Waals surface area contributed by atoms with Crippen LogP contribution in [0.15, 0.2) is 127 Å². The first-order valence-corrected chi connectivity index (χ1v) is 14.3. The Labute approximate surface area is 253 Å². The average molecular weight is 579 g/mol. The molecule has 0 aromatic heterocycles. The molecule has 0 radical (unpaired) electrons. The van der Waals surface area contributed by atoms with Crippen LogP contribution in [-0.2, 0) is 6.42 Å². The topological polar surface area (TPSA) is 71.1 Å². The Kier molecular flexibility index (Phi) is 7.00. The molecule has 7 rings (SSSR count). The van der Waals surface area contributed by atoms with Crippen molar-refractivity contribution in [2.45, 2.75) is 13.3 Å². The zero-order chi connectivity index (χ0) is 30.0. The summed E-state index contributed by atoms with van der Waals surface area (Å²) in [5.74, 6) is 1.43. The van der Waals surface area contributed by atoms with E-state index in [1.807, 2.05) is 122 Å². The van der Waals surface area contributed by atoms with Crippen molar-refractivity contribution in [3.05, 3.63) is 133 Å². The molecule has 0 aliphatic heterocycles.